The monoisotopic (exact) mass is 302 g/mol. The maximum atomic E-state index is 12.2. The standard InChI is InChI=1S/C18H22O4/c19-16(15-9-11-1-3-13(15)7-11)22-6-5-18(17(20)21)10-12-2-4-14(18)8-12/h1-4,11-15H,5-10H2,(H,20,21). The number of carbonyl (C=O) groups is 2. The Morgan fingerprint density at radius 3 is 2.45 bits per heavy atom. The van der Waals surface area contributed by atoms with Crippen molar-refractivity contribution in [2.24, 2.45) is 35.0 Å². The van der Waals surface area contributed by atoms with Gasteiger partial charge in [0.2, 0.25) is 0 Å². The van der Waals surface area contributed by atoms with Crippen molar-refractivity contribution >= 4 is 11.9 Å². The van der Waals surface area contributed by atoms with Crippen molar-refractivity contribution in [3.05, 3.63) is 24.3 Å². The molecule has 0 amide bonds. The lowest BCUT2D eigenvalue weighted by Gasteiger charge is -2.31. The van der Waals surface area contributed by atoms with E-state index in [0.29, 0.717) is 30.6 Å². The fourth-order valence-corrected chi connectivity index (χ4v) is 5.09. The van der Waals surface area contributed by atoms with Gasteiger partial charge in [0.05, 0.1) is 17.9 Å². The largest absolute Gasteiger partial charge is 0.481 e. The van der Waals surface area contributed by atoms with Gasteiger partial charge in [-0.3, -0.25) is 9.59 Å². The molecule has 0 heterocycles. The van der Waals surface area contributed by atoms with Gasteiger partial charge in [0.15, 0.2) is 0 Å². The molecule has 0 aliphatic heterocycles. The summed E-state index contributed by atoms with van der Waals surface area (Å²) >= 11 is 0. The first kappa shape index (κ1) is 14.0. The first-order chi connectivity index (χ1) is 10.6. The molecule has 4 bridgehead atoms. The minimum atomic E-state index is -0.733. The van der Waals surface area contributed by atoms with Crippen molar-refractivity contribution in [3.8, 4) is 0 Å². The molecule has 4 nitrogen and oxygen atoms in total. The second-order valence-electron chi connectivity index (χ2n) is 7.46. The molecule has 0 spiro atoms. The first-order valence-corrected chi connectivity index (χ1v) is 8.35. The summed E-state index contributed by atoms with van der Waals surface area (Å²) in [5.41, 5.74) is -0.714. The van der Waals surface area contributed by atoms with Crippen LogP contribution in [0.5, 0.6) is 0 Å². The van der Waals surface area contributed by atoms with Gasteiger partial charge in [0.1, 0.15) is 0 Å². The lowest BCUT2D eigenvalue weighted by atomic mass is 9.73. The molecule has 0 radical (unpaired) electrons. The van der Waals surface area contributed by atoms with E-state index in [-0.39, 0.29) is 24.4 Å². The second kappa shape index (κ2) is 4.97. The maximum absolute atomic E-state index is 12.2. The molecule has 0 aromatic rings. The average Bonchev–Trinajstić information content (AvgIpc) is 3.26. The van der Waals surface area contributed by atoms with Gasteiger partial charge in [-0.25, -0.2) is 0 Å². The number of esters is 1. The number of carboxylic acids is 1. The van der Waals surface area contributed by atoms with E-state index in [1.165, 1.54) is 0 Å². The molecule has 6 unspecified atom stereocenters. The number of allylic oxidation sites excluding steroid dienone is 4. The highest BCUT2D eigenvalue weighted by Crippen LogP contribution is 2.54. The minimum Gasteiger partial charge on any atom is -0.481 e. The molecule has 0 aromatic heterocycles. The molecule has 6 atom stereocenters. The third-order valence-corrected chi connectivity index (χ3v) is 6.31. The summed E-state index contributed by atoms with van der Waals surface area (Å²) < 4.78 is 5.46. The summed E-state index contributed by atoms with van der Waals surface area (Å²) in [6.07, 6.45) is 12.6. The van der Waals surface area contributed by atoms with Gasteiger partial charge in [-0.15, -0.1) is 0 Å². The van der Waals surface area contributed by atoms with Crippen LogP contribution in [0.15, 0.2) is 24.3 Å². The Kier molecular flexibility index (Phi) is 3.17. The number of fused-ring (bicyclic) bond motifs is 4. The smallest absolute Gasteiger partial charge is 0.310 e. The zero-order valence-corrected chi connectivity index (χ0v) is 12.6. The number of carbonyl (C=O) groups excluding carboxylic acids is 1. The van der Waals surface area contributed by atoms with Crippen LogP contribution in [-0.4, -0.2) is 23.7 Å². The molecule has 1 N–H and O–H groups in total. The van der Waals surface area contributed by atoms with Gasteiger partial charge < -0.3 is 9.84 Å². The highest BCUT2D eigenvalue weighted by Gasteiger charge is 2.53. The molecule has 2 saturated carbocycles. The predicted molar refractivity (Wildman–Crippen MR) is 79.8 cm³/mol. The summed E-state index contributed by atoms with van der Waals surface area (Å²) in [5.74, 6) is 0.529. The van der Waals surface area contributed by atoms with Gasteiger partial charge in [-0.05, 0) is 55.8 Å². The van der Waals surface area contributed by atoms with E-state index < -0.39 is 11.4 Å². The van der Waals surface area contributed by atoms with Gasteiger partial charge >= 0.3 is 11.9 Å². The molecular formula is C18H22O4. The zero-order valence-electron chi connectivity index (χ0n) is 12.6. The third-order valence-electron chi connectivity index (χ3n) is 6.31. The number of hydrogen-bond acceptors (Lipinski definition) is 3. The second-order valence-corrected chi connectivity index (χ2v) is 7.46. The van der Waals surface area contributed by atoms with Crippen molar-refractivity contribution in [2.75, 3.05) is 6.61 Å². The number of rotatable bonds is 5. The van der Waals surface area contributed by atoms with Crippen molar-refractivity contribution in [2.45, 2.75) is 32.1 Å². The molecule has 4 heteroatoms. The van der Waals surface area contributed by atoms with Crippen LogP contribution < -0.4 is 0 Å². The van der Waals surface area contributed by atoms with Gasteiger partial charge in [0.25, 0.3) is 0 Å². The summed E-state index contributed by atoms with van der Waals surface area (Å²) in [6.45, 7) is 0.236. The van der Waals surface area contributed by atoms with Gasteiger partial charge in [-0.1, -0.05) is 24.3 Å². The first-order valence-electron chi connectivity index (χ1n) is 8.35. The van der Waals surface area contributed by atoms with Gasteiger partial charge in [-0.2, -0.15) is 0 Å². The number of ether oxygens (including phenoxy) is 1. The quantitative estimate of drug-likeness (QED) is 0.626. The molecular weight excluding hydrogens is 280 g/mol. The highest BCUT2D eigenvalue weighted by molar-refractivity contribution is 5.77. The maximum Gasteiger partial charge on any atom is 0.310 e. The van der Waals surface area contributed by atoms with E-state index in [0.717, 1.165) is 19.3 Å². The summed E-state index contributed by atoms with van der Waals surface area (Å²) in [5, 5.41) is 9.67. The highest BCUT2D eigenvalue weighted by atomic mass is 16.5. The Hall–Kier alpha value is -1.58. The topological polar surface area (TPSA) is 63.6 Å². The molecule has 0 saturated heterocycles. The SMILES string of the molecule is O=C(OCCC1(C(=O)O)CC2C=CC1C2)C1CC2C=CC1C2. The molecule has 4 aliphatic rings. The molecule has 118 valence electrons. The Balaban J connectivity index is 1.34. The lowest BCUT2D eigenvalue weighted by molar-refractivity contribution is -0.157. The van der Waals surface area contributed by atoms with Crippen LogP contribution in [0.3, 0.4) is 0 Å². The van der Waals surface area contributed by atoms with E-state index in [1.54, 1.807) is 0 Å². The van der Waals surface area contributed by atoms with Crippen molar-refractivity contribution < 1.29 is 19.4 Å². The van der Waals surface area contributed by atoms with Crippen LogP contribution in [0.4, 0.5) is 0 Å². The van der Waals surface area contributed by atoms with Crippen LogP contribution >= 0.6 is 0 Å². The number of carboxylic acid groups (broad SMARTS) is 1. The molecule has 4 rings (SSSR count). The Morgan fingerprint density at radius 2 is 1.91 bits per heavy atom. The van der Waals surface area contributed by atoms with E-state index in [1.807, 2.05) is 6.08 Å². The minimum absolute atomic E-state index is 0.00398. The summed E-state index contributed by atoms with van der Waals surface area (Å²) in [7, 11) is 0. The van der Waals surface area contributed by atoms with Crippen LogP contribution in [0, 0.1) is 35.0 Å². The van der Waals surface area contributed by atoms with Crippen LogP contribution in [-0.2, 0) is 14.3 Å². The van der Waals surface area contributed by atoms with Crippen LogP contribution in [0.1, 0.15) is 32.1 Å². The van der Waals surface area contributed by atoms with E-state index in [2.05, 4.69) is 18.2 Å². The van der Waals surface area contributed by atoms with E-state index in [9.17, 15) is 14.7 Å². The Labute approximate surface area is 130 Å². The van der Waals surface area contributed by atoms with E-state index in [4.69, 9.17) is 4.74 Å². The zero-order chi connectivity index (χ0) is 15.3. The van der Waals surface area contributed by atoms with Crippen LogP contribution in [0.2, 0.25) is 0 Å². The lowest BCUT2D eigenvalue weighted by Crippen LogP contribution is -2.37. The molecule has 22 heavy (non-hydrogen) atoms. The Morgan fingerprint density at radius 1 is 1.09 bits per heavy atom. The summed E-state index contributed by atoms with van der Waals surface area (Å²) in [4.78, 5) is 24.0. The molecule has 0 aromatic carbocycles. The average molecular weight is 302 g/mol. The fourth-order valence-electron chi connectivity index (χ4n) is 5.09. The van der Waals surface area contributed by atoms with E-state index >= 15 is 0 Å². The number of aliphatic carboxylic acids is 1. The van der Waals surface area contributed by atoms with Crippen LogP contribution in [0.25, 0.3) is 0 Å². The fraction of sp³-hybridized carbons (Fsp3) is 0.667. The predicted octanol–water partition coefficient (Wildman–Crippen LogP) is 2.80. The number of hydrogen-bond donors (Lipinski definition) is 1. The molecule has 2 fully saturated rings. The molecule has 4 aliphatic carbocycles. The third kappa shape index (κ3) is 2.03. The Bertz CT molecular complexity index is 563. The van der Waals surface area contributed by atoms with Crippen molar-refractivity contribution in [1.29, 1.82) is 0 Å². The van der Waals surface area contributed by atoms with Crippen molar-refractivity contribution in [1.82, 2.24) is 0 Å². The van der Waals surface area contributed by atoms with Crippen molar-refractivity contribution in [3.63, 3.8) is 0 Å². The van der Waals surface area contributed by atoms with Gasteiger partial charge in [0, 0.05) is 0 Å². The normalized spacial score (nSPS) is 43.9. The summed E-state index contributed by atoms with van der Waals surface area (Å²) in [6, 6.07) is 0.